The summed E-state index contributed by atoms with van der Waals surface area (Å²) in [7, 11) is 2.20. The molecule has 0 atom stereocenters. The van der Waals surface area contributed by atoms with E-state index in [2.05, 4.69) is 18.9 Å². The molecule has 3 heteroatoms. The van der Waals surface area contributed by atoms with Gasteiger partial charge in [-0.25, -0.2) is 0 Å². The van der Waals surface area contributed by atoms with Gasteiger partial charge in [0, 0.05) is 25.2 Å². The third-order valence-electron chi connectivity index (χ3n) is 3.89. The molecule has 0 aromatic carbocycles. The van der Waals surface area contributed by atoms with Gasteiger partial charge in [-0.15, -0.1) is 0 Å². The molecule has 0 amide bonds. The maximum atomic E-state index is 5.99. The highest BCUT2D eigenvalue weighted by atomic mass is 16.5. The van der Waals surface area contributed by atoms with Gasteiger partial charge in [0.15, 0.2) is 0 Å². The van der Waals surface area contributed by atoms with E-state index in [1.807, 2.05) is 0 Å². The van der Waals surface area contributed by atoms with Crippen molar-refractivity contribution in [2.45, 2.75) is 51.0 Å². The Morgan fingerprint density at radius 1 is 1.19 bits per heavy atom. The molecule has 0 radical (unpaired) electrons. The fraction of sp³-hybridized carbons (Fsp3) is 1.00. The normalized spacial score (nSPS) is 20.2. The molecule has 1 fully saturated rings. The van der Waals surface area contributed by atoms with Crippen LogP contribution in [0.1, 0.15) is 45.4 Å². The van der Waals surface area contributed by atoms with E-state index in [0.717, 1.165) is 32.7 Å². The lowest BCUT2D eigenvalue weighted by atomic mass is 9.80. The second kappa shape index (κ2) is 7.25. The van der Waals surface area contributed by atoms with Crippen LogP contribution >= 0.6 is 0 Å². The minimum Gasteiger partial charge on any atom is -0.380 e. The third kappa shape index (κ3) is 3.72. The van der Waals surface area contributed by atoms with Crippen LogP contribution in [-0.2, 0) is 4.74 Å². The Balaban J connectivity index is 2.33. The van der Waals surface area contributed by atoms with E-state index in [1.54, 1.807) is 0 Å². The zero-order chi connectivity index (χ0) is 11.9. The van der Waals surface area contributed by atoms with E-state index in [4.69, 9.17) is 10.5 Å². The molecule has 0 aromatic rings. The van der Waals surface area contributed by atoms with Gasteiger partial charge in [0.05, 0.1) is 6.61 Å². The highest BCUT2D eigenvalue weighted by Crippen LogP contribution is 2.31. The van der Waals surface area contributed by atoms with Gasteiger partial charge in [-0.05, 0) is 26.3 Å². The molecule has 0 spiro atoms. The van der Waals surface area contributed by atoms with Crippen molar-refractivity contribution in [2.24, 2.45) is 5.73 Å². The maximum Gasteiger partial charge on any atom is 0.0593 e. The van der Waals surface area contributed by atoms with Crippen molar-refractivity contribution in [3.63, 3.8) is 0 Å². The second-order valence-corrected chi connectivity index (χ2v) is 5.02. The minimum atomic E-state index is 0.258. The van der Waals surface area contributed by atoms with Gasteiger partial charge < -0.3 is 10.5 Å². The molecule has 1 rings (SSSR count). The van der Waals surface area contributed by atoms with Crippen molar-refractivity contribution < 1.29 is 4.74 Å². The van der Waals surface area contributed by atoms with Crippen molar-refractivity contribution >= 4 is 0 Å². The van der Waals surface area contributed by atoms with Crippen molar-refractivity contribution in [3.05, 3.63) is 0 Å². The number of likely N-dealkylation sites (N-methyl/N-ethyl adjacent to an activating group) is 1. The molecule has 0 unspecified atom stereocenters. The van der Waals surface area contributed by atoms with E-state index >= 15 is 0 Å². The molecule has 96 valence electrons. The first-order valence-electron chi connectivity index (χ1n) is 6.74. The Labute approximate surface area is 100 Å². The monoisotopic (exact) mass is 228 g/mol. The lowest BCUT2D eigenvalue weighted by molar-refractivity contribution is 0.0422. The van der Waals surface area contributed by atoms with Crippen molar-refractivity contribution in [1.82, 2.24) is 4.90 Å². The molecule has 0 aromatic heterocycles. The van der Waals surface area contributed by atoms with Crippen LogP contribution in [0.25, 0.3) is 0 Å². The van der Waals surface area contributed by atoms with Crippen molar-refractivity contribution in [1.29, 1.82) is 0 Å². The summed E-state index contributed by atoms with van der Waals surface area (Å²) >= 11 is 0. The van der Waals surface area contributed by atoms with Gasteiger partial charge >= 0.3 is 0 Å². The molecule has 0 heterocycles. The second-order valence-electron chi connectivity index (χ2n) is 5.02. The van der Waals surface area contributed by atoms with E-state index in [-0.39, 0.29) is 5.54 Å². The lowest BCUT2D eigenvalue weighted by Gasteiger charge is -2.44. The summed E-state index contributed by atoms with van der Waals surface area (Å²) in [6, 6.07) is 0. The summed E-state index contributed by atoms with van der Waals surface area (Å²) in [4.78, 5) is 2.43. The van der Waals surface area contributed by atoms with Crippen LogP contribution in [0.4, 0.5) is 0 Å². The lowest BCUT2D eigenvalue weighted by Crippen LogP contribution is -2.54. The van der Waals surface area contributed by atoms with Crippen LogP contribution in [0.3, 0.4) is 0 Å². The topological polar surface area (TPSA) is 38.5 Å². The number of hydrogen-bond acceptors (Lipinski definition) is 3. The van der Waals surface area contributed by atoms with Gasteiger partial charge in [0.25, 0.3) is 0 Å². The highest BCUT2D eigenvalue weighted by molar-refractivity contribution is 4.92. The number of nitrogens with two attached hydrogens (primary N) is 1. The Hall–Kier alpha value is -0.120. The van der Waals surface area contributed by atoms with Crippen LogP contribution in [0.2, 0.25) is 0 Å². The van der Waals surface area contributed by atoms with E-state index in [9.17, 15) is 0 Å². The molecule has 3 nitrogen and oxygen atoms in total. The first-order chi connectivity index (χ1) is 7.75. The van der Waals surface area contributed by atoms with Gasteiger partial charge in [0.2, 0.25) is 0 Å². The van der Waals surface area contributed by atoms with Gasteiger partial charge in [0.1, 0.15) is 0 Å². The minimum absolute atomic E-state index is 0.258. The molecule has 2 N–H and O–H groups in total. The fourth-order valence-electron chi connectivity index (χ4n) is 2.64. The van der Waals surface area contributed by atoms with Crippen LogP contribution in [0.15, 0.2) is 0 Å². The van der Waals surface area contributed by atoms with E-state index in [0.29, 0.717) is 0 Å². The highest BCUT2D eigenvalue weighted by Gasteiger charge is 2.34. The Kier molecular flexibility index (Phi) is 6.32. The van der Waals surface area contributed by atoms with E-state index in [1.165, 1.54) is 32.1 Å². The van der Waals surface area contributed by atoms with E-state index < -0.39 is 0 Å². The fourth-order valence-corrected chi connectivity index (χ4v) is 2.64. The molecule has 16 heavy (non-hydrogen) atoms. The van der Waals surface area contributed by atoms with Crippen molar-refractivity contribution in [3.8, 4) is 0 Å². The summed E-state index contributed by atoms with van der Waals surface area (Å²) in [5.74, 6) is 0. The smallest absolute Gasteiger partial charge is 0.0593 e. The molecular formula is C13H28N2O. The average Bonchev–Trinajstić information content (AvgIpc) is 2.35. The summed E-state index contributed by atoms with van der Waals surface area (Å²) < 4.78 is 5.55. The molecule has 0 bridgehead atoms. The van der Waals surface area contributed by atoms with Crippen LogP contribution in [-0.4, -0.2) is 43.8 Å². The largest absolute Gasteiger partial charge is 0.380 e. The van der Waals surface area contributed by atoms with Gasteiger partial charge in [-0.2, -0.15) is 0 Å². The van der Waals surface area contributed by atoms with Gasteiger partial charge in [-0.1, -0.05) is 26.2 Å². The Morgan fingerprint density at radius 2 is 1.88 bits per heavy atom. The number of ether oxygens (including phenoxy) is 1. The molecule has 0 aliphatic heterocycles. The summed E-state index contributed by atoms with van der Waals surface area (Å²) in [6.45, 7) is 5.66. The number of nitrogens with zero attached hydrogens (tertiary/aromatic N) is 1. The molecule has 1 saturated carbocycles. The number of rotatable bonds is 7. The molecule has 0 saturated heterocycles. The first-order valence-corrected chi connectivity index (χ1v) is 6.74. The molecular weight excluding hydrogens is 200 g/mol. The van der Waals surface area contributed by atoms with Gasteiger partial charge in [-0.3, -0.25) is 4.90 Å². The predicted molar refractivity (Wildman–Crippen MR) is 68.6 cm³/mol. The first kappa shape index (κ1) is 13.9. The summed E-state index contributed by atoms with van der Waals surface area (Å²) in [5, 5.41) is 0. The average molecular weight is 228 g/mol. The summed E-state index contributed by atoms with van der Waals surface area (Å²) in [6.07, 6.45) is 7.66. The maximum absolute atomic E-state index is 5.99. The SMILES string of the molecule is CCCOCCN(C)C1(CN)CCCCC1. The standard InChI is InChI=1S/C13H28N2O/c1-3-10-16-11-9-15(2)13(12-14)7-5-4-6-8-13/h3-12,14H2,1-2H3. The quantitative estimate of drug-likeness (QED) is 0.677. The number of hydrogen-bond donors (Lipinski definition) is 1. The van der Waals surface area contributed by atoms with Crippen molar-refractivity contribution in [2.75, 3.05) is 33.4 Å². The molecule has 1 aliphatic carbocycles. The van der Waals surface area contributed by atoms with Crippen LogP contribution < -0.4 is 5.73 Å². The van der Waals surface area contributed by atoms with Crippen LogP contribution in [0, 0.1) is 0 Å². The molecule has 1 aliphatic rings. The summed E-state index contributed by atoms with van der Waals surface area (Å²) in [5.41, 5.74) is 6.24. The Morgan fingerprint density at radius 3 is 2.44 bits per heavy atom. The third-order valence-corrected chi connectivity index (χ3v) is 3.89. The zero-order valence-electron chi connectivity index (χ0n) is 11.0. The predicted octanol–water partition coefficient (Wildman–Crippen LogP) is 2.01. The Bertz CT molecular complexity index is 179. The zero-order valence-corrected chi connectivity index (χ0v) is 11.0. The van der Waals surface area contributed by atoms with Crippen LogP contribution in [0.5, 0.6) is 0 Å².